The predicted molar refractivity (Wildman–Crippen MR) is 106 cm³/mol. The molecule has 0 spiro atoms. The molecular weight excluding hydrogens is 408 g/mol. The second-order valence-electron chi connectivity index (χ2n) is 7.36. The fourth-order valence-corrected chi connectivity index (χ4v) is 3.81. The Morgan fingerprint density at radius 2 is 1.94 bits per heavy atom. The lowest BCUT2D eigenvalue weighted by molar-refractivity contribution is -0.175. The van der Waals surface area contributed by atoms with E-state index in [1.807, 2.05) is 0 Å². The van der Waals surface area contributed by atoms with Gasteiger partial charge in [0.05, 0.1) is 12.6 Å². The largest absolute Gasteiger partial charge is 0.508 e. The van der Waals surface area contributed by atoms with E-state index in [-0.39, 0.29) is 29.2 Å². The normalized spacial score (nSPS) is 26.9. The molecule has 0 radical (unpaired) electrons. The smallest absolute Gasteiger partial charge is 0.238 e. The van der Waals surface area contributed by atoms with Crippen molar-refractivity contribution in [3.63, 3.8) is 0 Å². The first-order valence-electron chi connectivity index (χ1n) is 9.46. The van der Waals surface area contributed by atoms with Crippen molar-refractivity contribution in [2.24, 2.45) is 5.73 Å². The lowest BCUT2D eigenvalue weighted by Crippen LogP contribution is -2.57. The molecule has 0 amide bonds. The summed E-state index contributed by atoms with van der Waals surface area (Å²) in [7, 11) is 0. The highest BCUT2D eigenvalue weighted by molar-refractivity contribution is 5.93. The number of Topliss-reactive ketones (excluding diaryl/α,β-unsaturated/α-hetero) is 1. The predicted octanol–water partition coefficient (Wildman–Crippen LogP) is -1.98. The molecule has 12 nitrogen and oxygen atoms in total. The van der Waals surface area contributed by atoms with Crippen LogP contribution in [0, 0.1) is 0 Å². The molecule has 3 heterocycles. The van der Waals surface area contributed by atoms with Crippen LogP contribution in [0.15, 0.2) is 36.9 Å². The Hall–Kier alpha value is -3.16. The first-order valence-corrected chi connectivity index (χ1v) is 9.46. The average Bonchev–Trinajstić information content (AvgIpc) is 3.30. The number of aromatic hydroxyl groups is 1. The number of carbonyl (C=O) groups excluding carboxylic acids is 1. The van der Waals surface area contributed by atoms with Crippen molar-refractivity contribution < 1.29 is 30.0 Å². The number of nitrogens with zero attached hydrogens (tertiary/aromatic N) is 4. The molecule has 1 aromatic carbocycles. The summed E-state index contributed by atoms with van der Waals surface area (Å²) in [5, 5.41) is 40.4. The number of fused-ring (bicyclic) bond motifs is 1. The molecule has 2 aromatic heterocycles. The van der Waals surface area contributed by atoms with Gasteiger partial charge in [0.2, 0.25) is 11.5 Å². The van der Waals surface area contributed by atoms with E-state index in [9.17, 15) is 25.2 Å². The van der Waals surface area contributed by atoms with E-state index in [2.05, 4.69) is 15.0 Å². The van der Waals surface area contributed by atoms with Gasteiger partial charge in [0.1, 0.15) is 42.2 Å². The zero-order valence-corrected chi connectivity index (χ0v) is 16.2. The van der Waals surface area contributed by atoms with Gasteiger partial charge >= 0.3 is 0 Å². The van der Waals surface area contributed by atoms with E-state index in [0.29, 0.717) is 5.56 Å². The van der Waals surface area contributed by atoms with Gasteiger partial charge in [0.25, 0.3) is 0 Å². The molecule has 1 saturated heterocycles. The van der Waals surface area contributed by atoms with Crippen molar-refractivity contribution in [2.75, 3.05) is 12.3 Å². The number of phenols is 1. The third-order valence-electron chi connectivity index (χ3n) is 5.42. The van der Waals surface area contributed by atoms with Crippen LogP contribution in [0.3, 0.4) is 0 Å². The standard InChI is InChI=1S/C19H22N6O6/c20-11(5-9-1-3-10(27)4-2-9)15(29)19(16(30)14(28)12(6-26)31-19)25-8-24-13-17(21)22-7-23-18(13)25/h1-4,7-8,11-12,14,16,26-28,30H,5-6,20H2,(H2,21,22,23)/t11?,12-,14-,16-,19-/m1/s1. The maximum atomic E-state index is 13.6. The second kappa shape index (κ2) is 7.83. The summed E-state index contributed by atoms with van der Waals surface area (Å²) in [6, 6.07) is 4.94. The molecule has 0 bridgehead atoms. The number of carbonyl (C=O) groups is 1. The van der Waals surface area contributed by atoms with Crippen molar-refractivity contribution >= 4 is 22.8 Å². The molecule has 1 aliphatic heterocycles. The Kier molecular flexibility index (Phi) is 5.33. The van der Waals surface area contributed by atoms with Gasteiger partial charge in [-0.05, 0) is 24.1 Å². The van der Waals surface area contributed by atoms with Crippen LogP contribution in [0.2, 0.25) is 0 Å². The van der Waals surface area contributed by atoms with E-state index in [4.69, 9.17) is 16.2 Å². The highest BCUT2D eigenvalue weighted by Crippen LogP contribution is 2.39. The van der Waals surface area contributed by atoms with Gasteiger partial charge in [-0.1, -0.05) is 12.1 Å². The van der Waals surface area contributed by atoms with Gasteiger partial charge in [0, 0.05) is 0 Å². The molecule has 1 unspecified atom stereocenters. The summed E-state index contributed by atoms with van der Waals surface area (Å²) in [5.74, 6) is -0.656. The zero-order valence-electron chi connectivity index (χ0n) is 16.2. The highest BCUT2D eigenvalue weighted by atomic mass is 16.6. The topological polar surface area (TPSA) is 203 Å². The van der Waals surface area contributed by atoms with Gasteiger partial charge in [-0.3, -0.25) is 9.36 Å². The lowest BCUT2D eigenvalue weighted by atomic mass is 9.91. The van der Waals surface area contributed by atoms with Crippen LogP contribution in [0.5, 0.6) is 5.75 Å². The highest BCUT2D eigenvalue weighted by Gasteiger charge is 2.61. The number of hydrogen-bond donors (Lipinski definition) is 6. The van der Waals surface area contributed by atoms with Crippen LogP contribution >= 0.6 is 0 Å². The number of aliphatic hydroxyl groups is 3. The van der Waals surface area contributed by atoms with Gasteiger partial charge in [-0.15, -0.1) is 0 Å². The molecule has 12 heteroatoms. The minimum absolute atomic E-state index is 0.0477. The third kappa shape index (κ3) is 3.30. The maximum absolute atomic E-state index is 13.6. The summed E-state index contributed by atoms with van der Waals surface area (Å²) in [6.07, 6.45) is -2.21. The van der Waals surface area contributed by atoms with E-state index in [0.717, 1.165) is 10.9 Å². The van der Waals surface area contributed by atoms with E-state index in [1.54, 1.807) is 12.1 Å². The summed E-state index contributed by atoms with van der Waals surface area (Å²) < 4.78 is 6.91. The summed E-state index contributed by atoms with van der Waals surface area (Å²) in [5.41, 5.74) is 10.7. The molecule has 4 rings (SSSR count). The van der Waals surface area contributed by atoms with Crippen molar-refractivity contribution in [3.05, 3.63) is 42.5 Å². The molecule has 164 valence electrons. The van der Waals surface area contributed by atoms with E-state index in [1.165, 1.54) is 18.5 Å². The Labute approximate surface area is 175 Å². The Balaban J connectivity index is 1.80. The van der Waals surface area contributed by atoms with Crippen molar-refractivity contribution in [1.82, 2.24) is 19.5 Å². The molecule has 1 fully saturated rings. The molecule has 0 saturated carbocycles. The summed E-state index contributed by atoms with van der Waals surface area (Å²) in [4.78, 5) is 25.7. The lowest BCUT2D eigenvalue weighted by Gasteiger charge is -2.34. The number of benzene rings is 1. The van der Waals surface area contributed by atoms with E-state index >= 15 is 0 Å². The van der Waals surface area contributed by atoms with Crippen LogP contribution < -0.4 is 11.5 Å². The maximum Gasteiger partial charge on any atom is 0.238 e. The molecular formula is C19H22N6O6. The molecule has 31 heavy (non-hydrogen) atoms. The quantitative estimate of drug-likeness (QED) is 0.253. The number of aliphatic hydroxyl groups excluding tert-OH is 3. The minimum atomic E-state index is -2.21. The van der Waals surface area contributed by atoms with Crippen LogP contribution in [0.4, 0.5) is 5.82 Å². The van der Waals surface area contributed by atoms with Gasteiger partial charge in [-0.25, -0.2) is 15.0 Å². The van der Waals surface area contributed by atoms with Crippen LogP contribution in [0.25, 0.3) is 11.2 Å². The number of aromatic nitrogens is 4. The number of rotatable bonds is 6. The van der Waals surface area contributed by atoms with Crippen LogP contribution in [-0.2, 0) is 21.7 Å². The fourth-order valence-electron chi connectivity index (χ4n) is 3.81. The Morgan fingerprint density at radius 1 is 1.23 bits per heavy atom. The van der Waals surface area contributed by atoms with Crippen LogP contribution in [0.1, 0.15) is 5.56 Å². The Morgan fingerprint density at radius 3 is 2.58 bits per heavy atom. The van der Waals surface area contributed by atoms with Gasteiger partial charge in [0.15, 0.2) is 11.5 Å². The third-order valence-corrected chi connectivity index (χ3v) is 5.42. The van der Waals surface area contributed by atoms with Gasteiger partial charge in [-0.2, -0.15) is 0 Å². The molecule has 3 aromatic rings. The number of ether oxygens (including phenoxy) is 1. The molecule has 1 aliphatic rings. The number of hydrogen-bond acceptors (Lipinski definition) is 11. The fraction of sp³-hybridized carbons (Fsp3) is 0.368. The van der Waals surface area contributed by atoms with E-state index < -0.39 is 42.5 Å². The molecule has 5 atom stereocenters. The summed E-state index contributed by atoms with van der Waals surface area (Å²) >= 11 is 0. The number of phenolic OH excluding ortho intramolecular Hbond substituents is 1. The first kappa shape index (κ1) is 21.1. The van der Waals surface area contributed by atoms with Gasteiger partial charge < -0.3 is 36.6 Å². The number of ketones is 1. The van der Waals surface area contributed by atoms with Crippen molar-refractivity contribution in [2.45, 2.75) is 36.5 Å². The Bertz CT molecular complexity index is 1100. The van der Waals surface area contributed by atoms with Crippen LogP contribution in [-0.4, -0.2) is 76.7 Å². The van der Waals surface area contributed by atoms with Crippen molar-refractivity contribution in [1.29, 1.82) is 0 Å². The zero-order chi connectivity index (χ0) is 22.3. The number of nitrogens with two attached hydrogens (primary N) is 2. The second-order valence-corrected chi connectivity index (χ2v) is 7.36. The number of nitrogen functional groups attached to an aromatic ring is 1. The average molecular weight is 430 g/mol. The molecule has 0 aliphatic carbocycles. The summed E-state index contributed by atoms with van der Waals surface area (Å²) in [6.45, 7) is -0.649. The SMILES string of the molecule is Nc1ncnc2c1ncn2[C@]1(C(=O)C(N)Cc2ccc(O)cc2)O[C@H](CO)[C@@H](O)[C@H]1O. The minimum Gasteiger partial charge on any atom is -0.508 e. The first-order chi connectivity index (χ1) is 14.8. The molecule has 8 N–H and O–H groups in total. The number of anilines is 1. The monoisotopic (exact) mass is 430 g/mol. The number of imidazole rings is 1. The van der Waals surface area contributed by atoms with Crippen molar-refractivity contribution in [3.8, 4) is 5.75 Å².